The first-order chi connectivity index (χ1) is 7.84. The van der Waals surface area contributed by atoms with Gasteiger partial charge in [-0.3, -0.25) is 4.84 Å². The van der Waals surface area contributed by atoms with Crippen LogP contribution < -0.4 is 5.48 Å². The van der Waals surface area contributed by atoms with Crippen LogP contribution in [-0.4, -0.2) is 4.98 Å². The quantitative estimate of drug-likeness (QED) is 0.638. The van der Waals surface area contributed by atoms with E-state index in [-0.39, 0.29) is 0 Å². The van der Waals surface area contributed by atoms with Gasteiger partial charge in [0.2, 0.25) is 0 Å². The van der Waals surface area contributed by atoms with E-state index < -0.39 is 0 Å². The summed E-state index contributed by atoms with van der Waals surface area (Å²) in [6.45, 7) is 3.29. The number of hydrogen-bond acceptors (Lipinski definition) is 4. The molecular weight excluding hydrogens is 220 g/mol. The molecule has 0 saturated heterocycles. The first-order valence-electron chi connectivity index (χ1n) is 5.14. The summed E-state index contributed by atoms with van der Waals surface area (Å²) >= 11 is 1.68. The molecule has 1 heterocycles. The van der Waals surface area contributed by atoms with Gasteiger partial charge < -0.3 is 0 Å². The van der Waals surface area contributed by atoms with E-state index in [1.807, 2.05) is 43.5 Å². The van der Waals surface area contributed by atoms with Crippen LogP contribution in [0.5, 0.6) is 0 Å². The molecule has 0 bridgehead atoms. The van der Waals surface area contributed by atoms with Crippen molar-refractivity contribution in [1.29, 1.82) is 0 Å². The molecule has 1 aromatic heterocycles. The van der Waals surface area contributed by atoms with Crippen LogP contribution in [0.15, 0.2) is 36.5 Å². The number of nitrogens with one attached hydrogen (secondary N) is 1. The average molecular weight is 234 g/mol. The maximum atomic E-state index is 5.36. The van der Waals surface area contributed by atoms with Crippen molar-refractivity contribution in [2.24, 2.45) is 0 Å². The van der Waals surface area contributed by atoms with E-state index in [1.54, 1.807) is 11.3 Å². The zero-order chi connectivity index (χ0) is 11.2. The van der Waals surface area contributed by atoms with Gasteiger partial charge >= 0.3 is 0 Å². The maximum absolute atomic E-state index is 5.36. The van der Waals surface area contributed by atoms with E-state index in [0.29, 0.717) is 13.2 Å². The number of aryl methyl sites for hydroxylation is 1. The third-order valence-electron chi connectivity index (χ3n) is 2.10. The lowest BCUT2D eigenvalue weighted by atomic mass is 10.2. The van der Waals surface area contributed by atoms with Crippen LogP contribution in [0.1, 0.15) is 15.4 Å². The molecule has 0 fully saturated rings. The Hall–Kier alpha value is -1.23. The molecule has 0 aliphatic rings. The lowest BCUT2D eigenvalue weighted by molar-refractivity contribution is 0.0240. The Labute approximate surface area is 99.1 Å². The highest BCUT2D eigenvalue weighted by Gasteiger charge is 1.97. The van der Waals surface area contributed by atoms with Crippen molar-refractivity contribution in [3.05, 3.63) is 52.0 Å². The highest BCUT2D eigenvalue weighted by Crippen LogP contribution is 2.10. The minimum absolute atomic E-state index is 0.582. The summed E-state index contributed by atoms with van der Waals surface area (Å²) < 4.78 is 0. The van der Waals surface area contributed by atoms with E-state index in [0.717, 1.165) is 10.6 Å². The van der Waals surface area contributed by atoms with Gasteiger partial charge in [0.1, 0.15) is 0 Å². The highest BCUT2D eigenvalue weighted by atomic mass is 32.1. The molecule has 0 unspecified atom stereocenters. The number of benzene rings is 1. The number of rotatable bonds is 5. The minimum Gasteiger partial charge on any atom is -0.297 e. The monoisotopic (exact) mass is 234 g/mol. The third-order valence-corrected chi connectivity index (χ3v) is 3.01. The Morgan fingerprint density at radius 2 is 2.12 bits per heavy atom. The van der Waals surface area contributed by atoms with Crippen LogP contribution in [0.25, 0.3) is 0 Å². The van der Waals surface area contributed by atoms with Crippen molar-refractivity contribution in [1.82, 2.24) is 10.5 Å². The van der Waals surface area contributed by atoms with Gasteiger partial charge in [0.15, 0.2) is 0 Å². The Balaban J connectivity index is 1.69. The van der Waals surface area contributed by atoms with Crippen LogP contribution in [0.3, 0.4) is 0 Å². The molecule has 0 aliphatic heterocycles. The molecule has 0 radical (unpaired) electrons. The fourth-order valence-corrected chi connectivity index (χ4v) is 2.04. The summed E-state index contributed by atoms with van der Waals surface area (Å²) in [5, 5.41) is 1.08. The van der Waals surface area contributed by atoms with Gasteiger partial charge in [0.25, 0.3) is 0 Å². The van der Waals surface area contributed by atoms with E-state index in [9.17, 15) is 0 Å². The van der Waals surface area contributed by atoms with Crippen LogP contribution in [0, 0.1) is 6.92 Å². The predicted octanol–water partition coefficient (Wildman–Crippen LogP) is 2.67. The fraction of sp³-hybridized carbons (Fsp3) is 0.250. The zero-order valence-electron chi connectivity index (χ0n) is 9.14. The Kier molecular flexibility index (Phi) is 4.04. The second kappa shape index (κ2) is 5.75. The van der Waals surface area contributed by atoms with Crippen LogP contribution in [0.4, 0.5) is 0 Å². The normalized spacial score (nSPS) is 10.6. The molecule has 2 aromatic rings. The average Bonchev–Trinajstić information content (AvgIpc) is 2.72. The zero-order valence-corrected chi connectivity index (χ0v) is 9.96. The lowest BCUT2D eigenvalue weighted by Gasteiger charge is -2.03. The summed E-state index contributed by atoms with van der Waals surface area (Å²) in [7, 11) is 0. The number of hydroxylamine groups is 1. The van der Waals surface area contributed by atoms with Crippen molar-refractivity contribution in [2.45, 2.75) is 20.1 Å². The summed E-state index contributed by atoms with van der Waals surface area (Å²) in [6.07, 6.45) is 1.87. The summed E-state index contributed by atoms with van der Waals surface area (Å²) in [4.78, 5) is 10.7. The molecule has 3 nitrogen and oxygen atoms in total. The van der Waals surface area contributed by atoms with Crippen LogP contribution in [0.2, 0.25) is 0 Å². The number of thiazole rings is 1. The summed E-state index contributed by atoms with van der Waals surface area (Å²) in [5.74, 6) is 0. The molecule has 0 atom stereocenters. The minimum atomic E-state index is 0.582. The Bertz CT molecular complexity index is 428. The molecule has 1 N–H and O–H groups in total. The lowest BCUT2D eigenvalue weighted by Crippen LogP contribution is -2.12. The molecular formula is C12H14N2OS. The van der Waals surface area contributed by atoms with Crippen molar-refractivity contribution >= 4 is 11.3 Å². The topological polar surface area (TPSA) is 34.2 Å². The first-order valence-corrected chi connectivity index (χ1v) is 5.96. The van der Waals surface area contributed by atoms with E-state index in [1.165, 1.54) is 4.88 Å². The Morgan fingerprint density at radius 3 is 2.81 bits per heavy atom. The van der Waals surface area contributed by atoms with Crippen LogP contribution in [-0.2, 0) is 18.0 Å². The van der Waals surface area contributed by atoms with Crippen molar-refractivity contribution in [3.8, 4) is 0 Å². The third kappa shape index (κ3) is 3.41. The Morgan fingerprint density at radius 1 is 1.31 bits per heavy atom. The van der Waals surface area contributed by atoms with Crippen LogP contribution >= 0.6 is 11.3 Å². The smallest absolute Gasteiger partial charge is 0.0933 e. The van der Waals surface area contributed by atoms with Gasteiger partial charge in [-0.2, -0.15) is 5.48 Å². The predicted molar refractivity (Wildman–Crippen MR) is 64.9 cm³/mol. The van der Waals surface area contributed by atoms with Gasteiger partial charge in [-0.1, -0.05) is 30.3 Å². The first kappa shape index (κ1) is 11.3. The standard InChI is InChI=1S/C12H14N2OS/c1-10-13-7-12(16-10)8-14-15-9-11-5-3-2-4-6-11/h2-7,14H,8-9H2,1H3. The van der Waals surface area contributed by atoms with E-state index in [4.69, 9.17) is 4.84 Å². The SMILES string of the molecule is Cc1ncc(CNOCc2ccccc2)s1. The van der Waals surface area contributed by atoms with Gasteiger partial charge in [0.05, 0.1) is 18.2 Å². The molecule has 1 aromatic carbocycles. The number of hydrogen-bond donors (Lipinski definition) is 1. The molecule has 0 spiro atoms. The van der Waals surface area contributed by atoms with Crippen molar-refractivity contribution < 1.29 is 4.84 Å². The van der Waals surface area contributed by atoms with Gasteiger partial charge in [-0.25, -0.2) is 4.98 Å². The summed E-state index contributed by atoms with van der Waals surface area (Å²) in [6, 6.07) is 10.1. The largest absolute Gasteiger partial charge is 0.297 e. The number of aromatic nitrogens is 1. The molecule has 0 aliphatic carbocycles. The van der Waals surface area contributed by atoms with Crippen molar-refractivity contribution in [2.75, 3.05) is 0 Å². The van der Waals surface area contributed by atoms with Gasteiger partial charge in [-0.15, -0.1) is 11.3 Å². The molecule has 0 amide bonds. The molecule has 4 heteroatoms. The van der Waals surface area contributed by atoms with Crippen molar-refractivity contribution in [3.63, 3.8) is 0 Å². The molecule has 16 heavy (non-hydrogen) atoms. The second-order valence-corrected chi connectivity index (χ2v) is 4.76. The fourth-order valence-electron chi connectivity index (χ4n) is 1.32. The van der Waals surface area contributed by atoms with Gasteiger partial charge in [0, 0.05) is 11.1 Å². The maximum Gasteiger partial charge on any atom is 0.0933 e. The van der Waals surface area contributed by atoms with E-state index in [2.05, 4.69) is 10.5 Å². The molecule has 2 rings (SSSR count). The summed E-state index contributed by atoms with van der Waals surface area (Å²) in [5.41, 5.74) is 4.10. The number of nitrogens with zero attached hydrogens (tertiary/aromatic N) is 1. The second-order valence-electron chi connectivity index (χ2n) is 3.44. The molecule has 84 valence electrons. The van der Waals surface area contributed by atoms with Gasteiger partial charge in [-0.05, 0) is 12.5 Å². The molecule has 0 saturated carbocycles. The highest BCUT2D eigenvalue weighted by molar-refractivity contribution is 7.11. The van der Waals surface area contributed by atoms with E-state index >= 15 is 0 Å².